The van der Waals surface area contributed by atoms with Gasteiger partial charge >= 0.3 is 0 Å². The Bertz CT molecular complexity index is 348. The van der Waals surface area contributed by atoms with Crippen LogP contribution in [0.5, 0.6) is 0 Å². The van der Waals surface area contributed by atoms with Crippen molar-refractivity contribution >= 4 is 0 Å². The smallest absolute Gasteiger partial charge is 0.0230 e. The van der Waals surface area contributed by atoms with Crippen molar-refractivity contribution in [3.05, 3.63) is 35.4 Å². The molecule has 1 aromatic rings. The summed E-state index contributed by atoms with van der Waals surface area (Å²) >= 11 is 0. The molecule has 1 unspecified atom stereocenters. The molecule has 102 valence electrons. The predicted molar refractivity (Wildman–Crippen MR) is 79.7 cm³/mol. The summed E-state index contributed by atoms with van der Waals surface area (Å²) < 4.78 is 0. The number of nitrogens with zero attached hydrogens (tertiary/aromatic N) is 1. The van der Waals surface area contributed by atoms with Crippen LogP contribution in [0.2, 0.25) is 0 Å². The second kappa shape index (κ2) is 6.35. The van der Waals surface area contributed by atoms with E-state index < -0.39 is 0 Å². The Kier molecular flexibility index (Phi) is 5.36. The lowest BCUT2D eigenvalue weighted by Gasteiger charge is -2.26. The van der Waals surface area contributed by atoms with E-state index in [0.717, 1.165) is 13.1 Å². The van der Waals surface area contributed by atoms with Crippen LogP contribution in [0.1, 0.15) is 44.7 Å². The van der Waals surface area contributed by atoms with E-state index in [1.165, 1.54) is 11.1 Å². The normalized spacial score (nSPS) is 13.9. The van der Waals surface area contributed by atoms with Crippen molar-refractivity contribution in [2.45, 2.75) is 40.2 Å². The second-order valence-electron chi connectivity index (χ2n) is 6.61. The van der Waals surface area contributed by atoms with Gasteiger partial charge in [-0.25, -0.2) is 0 Å². The molecule has 2 heteroatoms. The van der Waals surface area contributed by atoms with Crippen molar-refractivity contribution in [3.63, 3.8) is 0 Å². The summed E-state index contributed by atoms with van der Waals surface area (Å²) in [6.07, 6.45) is 0. The monoisotopic (exact) mass is 248 g/mol. The van der Waals surface area contributed by atoms with Gasteiger partial charge in [0.2, 0.25) is 0 Å². The highest BCUT2D eigenvalue weighted by atomic mass is 15.1. The molecular formula is C16H28N2. The number of hydrogen-bond donors (Lipinski definition) is 1. The van der Waals surface area contributed by atoms with Crippen LogP contribution in [0.4, 0.5) is 0 Å². The number of hydrogen-bond acceptors (Lipinski definition) is 2. The van der Waals surface area contributed by atoms with Crippen LogP contribution in [0.25, 0.3) is 0 Å². The Labute approximate surface area is 112 Å². The van der Waals surface area contributed by atoms with E-state index >= 15 is 0 Å². The average Bonchev–Trinajstić information content (AvgIpc) is 2.26. The zero-order valence-corrected chi connectivity index (χ0v) is 12.5. The van der Waals surface area contributed by atoms with Crippen molar-refractivity contribution in [2.75, 3.05) is 20.1 Å². The van der Waals surface area contributed by atoms with E-state index in [0.29, 0.717) is 17.9 Å². The average molecular weight is 248 g/mol. The Balaban J connectivity index is 2.58. The molecule has 0 amide bonds. The minimum atomic E-state index is 0.350. The Morgan fingerprint density at radius 1 is 1.17 bits per heavy atom. The molecule has 18 heavy (non-hydrogen) atoms. The van der Waals surface area contributed by atoms with Gasteiger partial charge in [-0.15, -0.1) is 0 Å². The third-order valence-electron chi connectivity index (χ3n) is 3.10. The van der Waals surface area contributed by atoms with Gasteiger partial charge in [0.1, 0.15) is 0 Å². The lowest BCUT2D eigenvalue weighted by atomic mass is 9.96. The van der Waals surface area contributed by atoms with Gasteiger partial charge in [0.25, 0.3) is 0 Å². The van der Waals surface area contributed by atoms with Crippen molar-refractivity contribution in [2.24, 2.45) is 11.1 Å². The van der Waals surface area contributed by atoms with Crippen LogP contribution in [0, 0.1) is 5.41 Å². The van der Waals surface area contributed by atoms with E-state index in [-0.39, 0.29) is 0 Å². The third-order valence-corrected chi connectivity index (χ3v) is 3.10. The second-order valence-corrected chi connectivity index (χ2v) is 6.61. The summed E-state index contributed by atoms with van der Waals surface area (Å²) in [5.41, 5.74) is 8.74. The molecule has 0 spiro atoms. The molecule has 0 bridgehead atoms. The van der Waals surface area contributed by atoms with Crippen molar-refractivity contribution in [3.8, 4) is 0 Å². The molecular weight excluding hydrogens is 220 g/mol. The van der Waals surface area contributed by atoms with Gasteiger partial charge in [-0.2, -0.15) is 0 Å². The minimum Gasteiger partial charge on any atom is -0.330 e. The molecule has 2 N–H and O–H groups in total. The highest BCUT2D eigenvalue weighted by molar-refractivity contribution is 5.25. The van der Waals surface area contributed by atoms with Crippen LogP contribution in [-0.2, 0) is 6.54 Å². The standard InChI is InChI=1S/C16H28N2/c1-13(10-17)15-8-6-14(7-9-15)11-18(5)12-16(2,3)4/h6-9,13H,10-12,17H2,1-5H3. The van der Waals surface area contributed by atoms with Crippen molar-refractivity contribution in [1.29, 1.82) is 0 Å². The van der Waals surface area contributed by atoms with Crippen LogP contribution >= 0.6 is 0 Å². The molecule has 0 aliphatic rings. The summed E-state index contributed by atoms with van der Waals surface area (Å²) in [4.78, 5) is 2.38. The maximum absolute atomic E-state index is 5.68. The minimum absolute atomic E-state index is 0.350. The summed E-state index contributed by atoms with van der Waals surface area (Å²) in [6.45, 7) is 11.8. The molecule has 0 radical (unpaired) electrons. The van der Waals surface area contributed by atoms with Crippen molar-refractivity contribution in [1.82, 2.24) is 4.90 Å². The van der Waals surface area contributed by atoms with Crippen LogP contribution in [0.3, 0.4) is 0 Å². The maximum atomic E-state index is 5.68. The Hall–Kier alpha value is -0.860. The highest BCUT2D eigenvalue weighted by Crippen LogP contribution is 2.18. The van der Waals surface area contributed by atoms with E-state index in [2.05, 4.69) is 63.9 Å². The molecule has 0 aliphatic heterocycles. The summed E-state index contributed by atoms with van der Waals surface area (Å²) in [6, 6.07) is 8.86. The first-order valence-corrected chi connectivity index (χ1v) is 6.79. The van der Waals surface area contributed by atoms with Crippen LogP contribution < -0.4 is 5.73 Å². The molecule has 0 saturated carbocycles. The zero-order chi connectivity index (χ0) is 13.8. The highest BCUT2D eigenvalue weighted by Gasteiger charge is 2.13. The topological polar surface area (TPSA) is 29.3 Å². The van der Waals surface area contributed by atoms with Crippen molar-refractivity contribution < 1.29 is 0 Å². The molecule has 2 nitrogen and oxygen atoms in total. The first kappa shape index (κ1) is 15.2. The number of rotatable bonds is 5. The fourth-order valence-corrected chi connectivity index (χ4v) is 2.26. The fourth-order valence-electron chi connectivity index (χ4n) is 2.26. The molecule has 1 atom stereocenters. The first-order valence-electron chi connectivity index (χ1n) is 6.79. The van der Waals surface area contributed by atoms with Gasteiger partial charge in [-0.3, -0.25) is 0 Å². The number of nitrogens with two attached hydrogens (primary N) is 1. The molecule has 0 heterocycles. The summed E-state index contributed by atoms with van der Waals surface area (Å²) in [7, 11) is 2.18. The summed E-state index contributed by atoms with van der Waals surface area (Å²) in [5.74, 6) is 0.450. The fraction of sp³-hybridized carbons (Fsp3) is 0.625. The van der Waals surface area contributed by atoms with Gasteiger partial charge in [0.05, 0.1) is 0 Å². The zero-order valence-electron chi connectivity index (χ0n) is 12.5. The lowest BCUT2D eigenvalue weighted by Crippen LogP contribution is -2.28. The van der Waals surface area contributed by atoms with Gasteiger partial charge < -0.3 is 10.6 Å². The van der Waals surface area contributed by atoms with Gasteiger partial charge in [-0.05, 0) is 36.1 Å². The Morgan fingerprint density at radius 2 is 1.72 bits per heavy atom. The van der Waals surface area contributed by atoms with Gasteiger partial charge in [0.15, 0.2) is 0 Å². The van der Waals surface area contributed by atoms with E-state index in [9.17, 15) is 0 Å². The van der Waals surface area contributed by atoms with Crippen LogP contribution in [-0.4, -0.2) is 25.0 Å². The molecule has 0 fully saturated rings. The SMILES string of the molecule is CC(CN)c1ccc(CN(C)CC(C)(C)C)cc1. The molecule has 0 aromatic heterocycles. The predicted octanol–water partition coefficient (Wildman–Crippen LogP) is 3.23. The Morgan fingerprint density at radius 3 is 2.17 bits per heavy atom. The maximum Gasteiger partial charge on any atom is 0.0230 e. The molecule has 1 rings (SSSR count). The molecule has 0 saturated heterocycles. The largest absolute Gasteiger partial charge is 0.330 e. The van der Waals surface area contributed by atoms with Crippen LogP contribution in [0.15, 0.2) is 24.3 Å². The van der Waals surface area contributed by atoms with Gasteiger partial charge in [-0.1, -0.05) is 52.0 Å². The first-order chi connectivity index (χ1) is 8.31. The molecule has 1 aromatic carbocycles. The number of benzene rings is 1. The van der Waals surface area contributed by atoms with E-state index in [4.69, 9.17) is 5.73 Å². The third kappa shape index (κ3) is 5.19. The van der Waals surface area contributed by atoms with E-state index in [1.54, 1.807) is 0 Å². The molecule has 0 aliphatic carbocycles. The quantitative estimate of drug-likeness (QED) is 0.867. The summed E-state index contributed by atoms with van der Waals surface area (Å²) in [5, 5.41) is 0. The van der Waals surface area contributed by atoms with E-state index in [1.807, 2.05) is 0 Å². The lowest BCUT2D eigenvalue weighted by molar-refractivity contribution is 0.221. The van der Waals surface area contributed by atoms with Gasteiger partial charge in [0, 0.05) is 13.1 Å².